The fourth-order valence-corrected chi connectivity index (χ4v) is 2.51. The van der Waals surface area contributed by atoms with E-state index in [1.807, 2.05) is 30.3 Å². The van der Waals surface area contributed by atoms with Crippen molar-refractivity contribution in [3.8, 4) is 11.3 Å². The first kappa shape index (κ1) is 13.7. The number of hydrogen-bond donors (Lipinski definition) is 2. The molecule has 0 bridgehead atoms. The predicted molar refractivity (Wildman–Crippen MR) is 78.2 cm³/mol. The van der Waals surface area contributed by atoms with Gasteiger partial charge in [0.15, 0.2) is 0 Å². The molecule has 0 spiro atoms. The third-order valence-electron chi connectivity index (χ3n) is 2.62. The van der Waals surface area contributed by atoms with Crippen molar-refractivity contribution in [1.82, 2.24) is 15.6 Å². The summed E-state index contributed by atoms with van der Waals surface area (Å²) in [5.41, 5.74) is 2.13. The molecule has 1 aromatic carbocycles. The van der Waals surface area contributed by atoms with Gasteiger partial charge in [0, 0.05) is 23.9 Å². The Balaban J connectivity index is 1.86. The number of likely N-dealkylation sites (N-methyl/N-ethyl adjacent to an activating group) is 1. The molecule has 2 rings (SSSR count). The summed E-state index contributed by atoms with van der Waals surface area (Å²) < 4.78 is 0. The Morgan fingerprint density at radius 1 is 1.32 bits per heavy atom. The summed E-state index contributed by atoms with van der Waals surface area (Å²) in [6, 6.07) is 10.1. The van der Waals surface area contributed by atoms with E-state index in [0.717, 1.165) is 22.7 Å². The van der Waals surface area contributed by atoms with Crippen molar-refractivity contribution in [1.29, 1.82) is 0 Å². The van der Waals surface area contributed by atoms with Crippen LogP contribution in [0.4, 0.5) is 0 Å². The van der Waals surface area contributed by atoms with Gasteiger partial charge in [0.2, 0.25) is 5.91 Å². The highest BCUT2D eigenvalue weighted by molar-refractivity contribution is 7.09. The number of carbonyl (C=O) groups is 1. The van der Waals surface area contributed by atoms with Crippen LogP contribution in [0.1, 0.15) is 5.01 Å². The fourth-order valence-electron chi connectivity index (χ4n) is 1.70. The molecule has 1 heterocycles. The molecule has 0 aliphatic rings. The van der Waals surface area contributed by atoms with E-state index in [2.05, 4.69) is 21.0 Å². The zero-order valence-electron chi connectivity index (χ0n) is 10.8. The van der Waals surface area contributed by atoms with Crippen molar-refractivity contribution in [3.05, 3.63) is 40.7 Å². The zero-order valence-corrected chi connectivity index (χ0v) is 11.7. The Morgan fingerprint density at radius 2 is 2.11 bits per heavy atom. The minimum atomic E-state index is 0.0161. The van der Waals surface area contributed by atoms with Crippen LogP contribution in [-0.2, 0) is 11.2 Å². The van der Waals surface area contributed by atoms with Crippen LogP contribution in [0, 0.1) is 0 Å². The van der Waals surface area contributed by atoms with Crippen molar-refractivity contribution in [3.63, 3.8) is 0 Å². The van der Waals surface area contributed by atoms with Crippen molar-refractivity contribution >= 4 is 17.2 Å². The minimum Gasteiger partial charge on any atom is -0.355 e. The number of carbonyl (C=O) groups excluding carboxylic acids is 1. The van der Waals surface area contributed by atoms with Crippen molar-refractivity contribution in [2.75, 3.05) is 20.1 Å². The van der Waals surface area contributed by atoms with E-state index in [1.165, 1.54) is 0 Å². The lowest BCUT2D eigenvalue weighted by atomic mass is 10.2. The fraction of sp³-hybridized carbons (Fsp3) is 0.286. The predicted octanol–water partition coefficient (Wildman–Crippen LogP) is 1.69. The number of nitrogens with zero attached hydrogens (tertiary/aromatic N) is 1. The number of nitrogens with one attached hydrogen (secondary N) is 2. The molecular weight excluding hydrogens is 258 g/mol. The van der Waals surface area contributed by atoms with Crippen LogP contribution in [0.15, 0.2) is 35.7 Å². The van der Waals surface area contributed by atoms with E-state index in [0.29, 0.717) is 13.1 Å². The second-order valence-electron chi connectivity index (χ2n) is 4.12. The van der Waals surface area contributed by atoms with Crippen LogP contribution in [0.3, 0.4) is 0 Å². The third-order valence-corrected chi connectivity index (χ3v) is 3.53. The van der Waals surface area contributed by atoms with Gasteiger partial charge in [-0.1, -0.05) is 30.3 Å². The molecule has 0 aliphatic heterocycles. The maximum absolute atomic E-state index is 11.3. The number of aromatic nitrogens is 1. The molecule has 1 amide bonds. The molecule has 19 heavy (non-hydrogen) atoms. The number of rotatable bonds is 6. The van der Waals surface area contributed by atoms with Gasteiger partial charge in [-0.25, -0.2) is 4.98 Å². The molecule has 2 N–H and O–H groups in total. The standard InChI is InChI=1S/C14H17N3OS/c1-15-9-13(18)16-8-7-14-17-12(10-19-14)11-5-3-2-4-6-11/h2-6,10,15H,7-9H2,1H3,(H,16,18). The highest BCUT2D eigenvalue weighted by Crippen LogP contribution is 2.21. The Bertz CT molecular complexity index is 524. The molecule has 0 unspecified atom stereocenters. The molecule has 0 saturated heterocycles. The first-order chi connectivity index (χ1) is 9.29. The lowest BCUT2D eigenvalue weighted by Crippen LogP contribution is -2.33. The van der Waals surface area contributed by atoms with Gasteiger partial charge >= 0.3 is 0 Å². The van der Waals surface area contributed by atoms with Gasteiger partial charge in [0.1, 0.15) is 0 Å². The maximum Gasteiger partial charge on any atom is 0.233 e. The van der Waals surface area contributed by atoms with Crippen molar-refractivity contribution in [2.24, 2.45) is 0 Å². The first-order valence-electron chi connectivity index (χ1n) is 6.20. The van der Waals surface area contributed by atoms with Crippen LogP contribution >= 0.6 is 11.3 Å². The molecule has 0 atom stereocenters. The Kier molecular flexibility index (Phi) is 5.06. The van der Waals surface area contributed by atoms with Gasteiger partial charge in [-0.2, -0.15) is 0 Å². The third kappa shape index (κ3) is 4.15. The molecule has 0 fully saturated rings. The van der Waals surface area contributed by atoms with Gasteiger partial charge in [0.25, 0.3) is 0 Å². The average Bonchev–Trinajstić information content (AvgIpc) is 2.89. The summed E-state index contributed by atoms with van der Waals surface area (Å²) in [5.74, 6) is 0.0161. The zero-order chi connectivity index (χ0) is 13.5. The highest BCUT2D eigenvalue weighted by atomic mass is 32.1. The summed E-state index contributed by atoms with van der Waals surface area (Å²) in [4.78, 5) is 15.8. The maximum atomic E-state index is 11.3. The molecule has 0 saturated carbocycles. The largest absolute Gasteiger partial charge is 0.355 e. The monoisotopic (exact) mass is 275 g/mol. The van der Waals surface area contributed by atoms with Crippen LogP contribution < -0.4 is 10.6 Å². The minimum absolute atomic E-state index is 0.0161. The lowest BCUT2D eigenvalue weighted by molar-refractivity contribution is -0.120. The van der Waals surface area contributed by atoms with Crippen LogP contribution in [0.2, 0.25) is 0 Å². The number of benzene rings is 1. The lowest BCUT2D eigenvalue weighted by Gasteiger charge is -2.02. The number of hydrogen-bond acceptors (Lipinski definition) is 4. The SMILES string of the molecule is CNCC(=O)NCCc1nc(-c2ccccc2)cs1. The van der Waals surface area contributed by atoms with Gasteiger partial charge in [-0.05, 0) is 7.05 Å². The Labute approximate surface area is 116 Å². The second kappa shape index (κ2) is 7.01. The quantitative estimate of drug-likeness (QED) is 0.843. The molecule has 2 aromatic rings. The average molecular weight is 275 g/mol. The van der Waals surface area contributed by atoms with Crippen LogP contribution in [0.25, 0.3) is 11.3 Å². The van der Waals surface area contributed by atoms with E-state index in [4.69, 9.17) is 0 Å². The molecule has 0 aliphatic carbocycles. The van der Waals surface area contributed by atoms with E-state index in [-0.39, 0.29) is 5.91 Å². The molecule has 4 nitrogen and oxygen atoms in total. The van der Waals surface area contributed by atoms with E-state index < -0.39 is 0 Å². The topological polar surface area (TPSA) is 54.0 Å². The summed E-state index contributed by atoms with van der Waals surface area (Å²) in [7, 11) is 1.76. The van der Waals surface area contributed by atoms with Crippen molar-refractivity contribution < 1.29 is 4.79 Å². The Morgan fingerprint density at radius 3 is 2.84 bits per heavy atom. The smallest absolute Gasteiger partial charge is 0.233 e. The van der Waals surface area contributed by atoms with E-state index in [9.17, 15) is 4.79 Å². The molecule has 5 heteroatoms. The van der Waals surface area contributed by atoms with Gasteiger partial charge in [0.05, 0.1) is 17.2 Å². The van der Waals surface area contributed by atoms with Crippen LogP contribution in [-0.4, -0.2) is 31.0 Å². The van der Waals surface area contributed by atoms with Crippen LogP contribution in [0.5, 0.6) is 0 Å². The molecule has 1 aromatic heterocycles. The summed E-state index contributed by atoms with van der Waals surface area (Å²) >= 11 is 1.63. The highest BCUT2D eigenvalue weighted by Gasteiger charge is 2.04. The van der Waals surface area contributed by atoms with Gasteiger partial charge < -0.3 is 10.6 Å². The summed E-state index contributed by atoms with van der Waals surface area (Å²) in [6.45, 7) is 0.982. The molecule has 100 valence electrons. The summed E-state index contributed by atoms with van der Waals surface area (Å²) in [5, 5.41) is 8.76. The normalized spacial score (nSPS) is 10.4. The summed E-state index contributed by atoms with van der Waals surface area (Å²) in [6.07, 6.45) is 0.771. The number of thiazole rings is 1. The first-order valence-corrected chi connectivity index (χ1v) is 7.08. The van der Waals surface area contributed by atoms with Gasteiger partial charge in [-0.3, -0.25) is 4.79 Å². The Hall–Kier alpha value is -1.72. The molecular formula is C14H17N3OS. The number of amides is 1. The van der Waals surface area contributed by atoms with E-state index >= 15 is 0 Å². The second-order valence-corrected chi connectivity index (χ2v) is 5.07. The molecule has 0 radical (unpaired) electrons. The van der Waals surface area contributed by atoms with Crippen molar-refractivity contribution in [2.45, 2.75) is 6.42 Å². The van der Waals surface area contributed by atoms with Gasteiger partial charge in [-0.15, -0.1) is 11.3 Å². The van der Waals surface area contributed by atoms with E-state index in [1.54, 1.807) is 18.4 Å².